The normalized spacial score (nSPS) is 36.6. The second kappa shape index (κ2) is 5.59. The molecule has 18 heavy (non-hydrogen) atoms. The second-order valence-electron chi connectivity index (χ2n) is 4.00. The van der Waals surface area contributed by atoms with E-state index >= 15 is 0 Å². The fourth-order valence-corrected chi connectivity index (χ4v) is 1.67. The summed E-state index contributed by atoms with van der Waals surface area (Å²) in [6.07, 6.45) is -9.06. The van der Waals surface area contributed by atoms with Gasteiger partial charge in [0.2, 0.25) is 0 Å². The van der Waals surface area contributed by atoms with E-state index < -0.39 is 55.0 Å². The molecule has 0 unspecified atom stereocenters. The first-order chi connectivity index (χ1) is 8.25. The predicted octanol–water partition coefficient (Wildman–Crippen LogP) is -3.04. The molecule has 1 aliphatic heterocycles. The number of carboxylic acid groups (broad SMARTS) is 2. The lowest BCUT2D eigenvalue weighted by Crippen LogP contribution is -2.58. The Kier molecular flexibility index (Phi) is 4.59. The van der Waals surface area contributed by atoms with Crippen LogP contribution in [0.1, 0.15) is 6.42 Å². The summed E-state index contributed by atoms with van der Waals surface area (Å²) >= 11 is 0. The molecule has 0 aromatic carbocycles. The summed E-state index contributed by atoms with van der Waals surface area (Å²) in [6, 6.07) is 0. The first-order valence-electron chi connectivity index (χ1n) is 5.09. The van der Waals surface area contributed by atoms with Gasteiger partial charge in [0.05, 0.1) is 6.10 Å². The Balaban J connectivity index is 2.77. The minimum Gasteiger partial charge on any atom is -0.481 e. The van der Waals surface area contributed by atoms with Gasteiger partial charge in [0.15, 0.2) is 12.2 Å². The Morgan fingerprint density at radius 2 is 1.44 bits per heavy atom. The lowest BCUT2D eigenvalue weighted by atomic mass is 9.91. The average molecular weight is 266 g/mol. The number of hydrogen-bond acceptors (Lipinski definition) is 7. The highest BCUT2D eigenvalue weighted by molar-refractivity contribution is 5.92. The topological polar surface area (TPSA) is 165 Å². The SMILES string of the molecule is O=C(O)C(C[C@H]1O[C@H](O)[C@@H](O)[C@@H](O)[C@@H]1O)C(=O)O. The van der Waals surface area contributed by atoms with Crippen molar-refractivity contribution in [1.82, 2.24) is 0 Å². The maximum atomic E-state index is 10.7. The maximum Gasteiger partial charge on any atom is 0.317 e. The van der Waals surface area contributed by atoms with E-state index in [0.29, 0.717) is 0 Å². The Labute approximate surface area is 101 Å². The Hall–Kier alpha value is -1.26. The number of aliphatic carboxylic acids is 2. The Morgan fingerprint density at radius 1 is 0.944 bits per heavy atom. The van der Waals surface area contributed by atoms with E-state index in [1.165, 1.54) is 0 Å². The zero-order valence-corrected chi connectivity index (χ0v) is 9.08. The van der Waals surface area contributed by atoms with Gasteiger partial charge in [0.1, 0.15) is 18.3 Å². The van der Waals surface area contributed by atoms with Gasteiger partial charge in [-0.2, -0.15) is 0 Å². The van der Waals surface area contributed by atoms with Gasteiger partial charge in [0.25, 0.3) is 0 Å². The molecule has 1 rings (SSSR count). The lowest BCUT2D eigenvalue weighted by molar-refractivity contribution is -0.284. The molecule has 5 atom stereocenters. The molecule has 0 radical (unpaired) electrons. The number of aliphatic hydroxyl groups is 4. The van der Waals surface area contributed by atoms with Crippen LogP contribution >= 0.6 is 0 Å². The molecule has 0 aliphatic carbocycles. The first-order valence-corrected chi connectivity index (χ1v) is 5.09. The molecule has 0 spiro atoms. The van der Waals surface area contributed by atoms with Gasteiger partial charge in [-0.25, -0.2) is 0 Å². The van der Waals surface area contributed by atoms with E-state index in [1.807, 2.05) is 0 Å². The van der Waals surface area contributed by atoms with Gasteiger partial charge < -0.3 is 35.4 Å². The van der Waals surface area contributed by atoms with Gasteiger partial charge >= 0.3 is 11.9 Å². The average Bonchev–Trinajstić information content (AvgIpc) is 2.28. The van der Waals surface area contributed by atoms with Gasteiger partial charge in [-0.15, -0.1) is 0 Å². The maximum absolute atomic E-state index is 10.7. The molecule has 1 fully saturated rings. The molecule has 9 nitrogen and oxygen atoms in total. The Bertz CT molecular complexity index is 316. The van der Waals surface area contributed by atoms with Crippen molar-refractivity contribution in [2.45, 2.75) is 37.1 Å². The van der Waals surface area contributed by atoms with E-state index in [0.717, 1.165) is 0 Å². The van der Waals surface area contributed by atoms with Crippen molar-refractivity contribution in [3.05, 3.63) is 0 Å². The molecule has 1 heterocycles. The molecule has 0 aromatic heterocycles. The summed E-state index contributed by atoms with van der Waals surface area (Å²) in [6.45, 7) is 0. The van der Waals surface area contributed by atoms with Crippen LogP contribution in [0.2, 0.25) is 0 Å². The van der Waals surface area contributed by atoms with Crippen LogP contribution in [-0.4, -0.2) is 73.3 Å². The summed E-state index contributed by atoms with van der Waals surface area (Å²) in [5.74, 6) is -5.11. The number of rotatable bonds is 4. The highest BCUT2D eigenvalue weighted by Crippen LogP contribution is 2.24. The van der Waals surface area contributed by atoms with Gasteiger partial charge in [-0.3, -0.25) is 9.59 Å². The van der Waals surface area contributed by atoms with Crippen molar-refractivity contribution in [3.63, 3.8) is 0 Å². The second-order valence-corrected chi connectivity index (χ2v) is 4.00. The van der Waals surface area contributed by atoms with Crippen LogP contribution in [0, 0.1) is 5.92 Å². The lowest BCUT2D eigenvalue weighted by Gasteiger charge is -2.38. The fraction of sp³-hybridized carbons (Fsp3) is 0.778. The molecule has 1 aliphatic rings. The van der Waals surface area contributed by atoms with Crippen LogP contribution in [-0.2, 0) is 14.3 Å². The molecule has 0 amide bonds. The van der Waals surface area contributed by atoms with Crippen molar-refractivity contribution in [2.24, 2.45) is 5.92 Å². The minimum atomic E-state index is -1.85. The fourth-order valence-electron chi connectivity index (χ4n) is 1.67. The summed E-state index contributed by atoms with van der Waals surface area (Å²) in [5, 5.41) is 54.5. The van der Waals surface area contributed by atoms with Gasteiger partial charge in [0, 0.05) is 6.42 Å². The standard InChI is InChI=1S/C9H14O9/c10-4-3(1-2(7(13)14)8(15)16)18-9(17)6(12)5(4)11/h2-6,9-12,17H,1H2,(H,13,14)(H,15,16)/t3-,4-,5+,6+,9+/m1/s1. The quantitative estimate of drug-likeness (QED) is 0.290. The zero-order valence-electron chi connectivity index (χ0n) is 9.08. The molecule has 1 saturated heterocycles. The largest absolute Gasteiger partial charge is 0.481 e. The van der Waals surface area contributed by atoms with Crippen LogP contribution < -0.4 is 0 Å². The monoisotopic (exact) mass is 266 g/mol. The molecule has 6 N–H and O–H groups in total. The predicted molar refractivity (Wildman–Crippen MR) is 52.3 cm³/mol. The van der Waals surface area contributed by atoms with Crippen molar-refractivity contribution < 1.29 is 45.0 Å². The molecule has 9 heteroatoms. The number of ether oxygens (including phenoxy) is 1. The van der Waals surface area contributed by atoms with Crippen LogP contribution in [0.5, 0.6) is 0 Å². The summed E-state index contributed by atoms with van der Waals surface area (Å²) in [7, 11) is 0. The molecule has 0 aromatic rings. The van der Waals surface area contributed by atoms with Crippen molar-refractivity contribution in [3.8, 4) is 0 Å². The minimum absolute atomic E-state index is 0.646. The van der Waals surface area contributed by atoms with Crippen LogP contribution in [0.15, 0.2) is 0 Å². The van der Waals surface area contributed by atoms with Gasteiger partial charge in [-0.05, 0) is 0 Å². The summed E-state index contributed by atoms with van der Waals surface area (Å²) in [5.41, 5.74) is 0. The highest BCUT2D eigenvalue weighted by Gasteiger charge is 2.45. The summed E-state index contributed by atoms with van der Waals surface area (Å²) in [4.78, 5) is 21.3. The number of carboxylic acids is 2. The van der Waals surface area contributed by atoms with E-state index in [1.54, 1.807) is 0 Å². The molecule has 0 saturated carbocycles. The van der Waals surface area contributed by atoms with E-state index in [4.69, 9.17) is 15.3 Å². The smallest absolute Gasteiger partial charge is 0.317 e. The summed E-state index contributed by atoms with van der Waals surface area (Å²) < 4.78 is 4.68. The van der Waals surface area contributed by atoms with Crippen LogP contribution in [0.3, 0.4) is 0 Å². The van der Waals surface area contributed by atoms with Crippen LogP contribution in [0.4, 0.5) is 0 Å². The van der Waals surface area contributed by atoms with E-state index in [2.05, 4.69) is 4.74 Å². The molecular weight excluding hydrogens is 252 g/mol. The Morgan fingerprint density at radius 3 is 1.89 bits per heavy atom. The highest BCUT2D eigenvalue weighted by atomic mass is 16.6. The first kappa shape index (κ1) is 14.8. The number of aliphatic hydroxyl groups excluding tert-OH is 4. The zero-order chi connectivity index (χ0) is 14.0. The third-order valence-electron chi connectivity index (χ3n) is 2.75. The van der Waals surface area contributed by atoms with E-state index in [-0.39, 0.29) is 0 Å². The third-order valence-corrected chi connectivity index (χ3v) is 2.75. The van der Waals surface area contributed by atoms with Crippen molar-refractivity contribution in [2.75, 3.05) is 0 Å². The van der Waals surface area contributed by atoms with Crippen LogP contribution in [0.25, 0.3) is 0 Å². The molecular formula is C9H14O9. The molecule has 0 bridgehead atoms. The number of hydrogen-bond donors (Lipinski definition) is 6. The van der Waals surface area contributed by atoms with E-state index in [9.17, 15) is 24.9 Å². The van der Waals surface area contributed by atoms with Gasteiger partial charge in [-0.1, -0.05) is 0 Å². The number of carbonyl (C=O) groups is 2. The third kappa shape index (κ3) is 2.94. The van der Waals surface area contributed by atoms with Crippen molar-refractivity contribution in [1.29, 1.82) is 0 Å². The molecule has 104 valence electrons. The van der Waals surface area contributed by atoms with Crippen molar-refractivity contribution >= 4 is 11.9 Å².